The van der Waals surface area contributed by atoms with Gasteiger partial charge in [0.05, 0.1) is 6.04 Å². The van der Waals surface area contributed by atoms with E-state index in [1.807, 2.05) is 0 Å². The summed E-state index contributed by atoms with van der Waals surface area (Å²) in [6.07, 6.45) is 4.43. The number of hydrogen-bond donors (Lipinski definition) is 5. The largest absolute Gasteiger partial charge is 0.480 e. The van der Waals surface area contributed by atoms with Crippen LogP contribution in [0.25, 0.3) is 0 Å². The van der Waals surface area contributed by atoms with Gasteiger partial charge in [-0.2, -0.15) is 17.0 Å². The van der Waals surface area contributed by atoms with Gasteiger partial charge in [0.1, 0.15) is 5.54 Å². The van der Waals surface area contributed by atoms with E-state index in [9.17, 15) is 18.3 Å². The average molecular weight is 418 g/mol. The summed E-state index contributed by atoms with van der Waals surface area (Å²) >= 11 is 0. The Morgan fingerprint density at radius 1 is 1.25 bits per heavy atom. The van der Waals surface area contributed by atoms with Crippen LogP contribution in [0, 0.1) is 5.92 Å². The minimum absolute atomic E-state index is 0.0377. The normalized spacial score (nSPS) is 30.1. The summed E-state index contributed by atoms with van der Waals surface area (Å²) in [6.45, 7) is 0.985. The number of nitrogens with zero attached hydrogens (tertiary/aromatic N) is 2. The first-order valence-electron chi connectivity index (χ1n) is 10.0. The first kappa shape index (κ1) is 21.9. The molecule has 10 nitrogen and oxygen atoms in total. The van der Waals surface area contributed by atoms with E-state index in [2.05, 4.69) is 5.32 Å². The van der Waals surface area contributed by atoms with Crippen molar-refractivity contribution in [2.24, 2.45) is 11.7 Å². The molecule has 0 aromatic rings. The van der Waals surface area contributed by atoms with Crippen LogP contribution < -0.4 is 11.1 Å². The Labute approximate surface area is 166 Å². The van der Waals surface area contributed by atoms with Crippen molar-refractivity contribution in [3.63, 3.8) is 0 Å². The van der Waals surface area contributed by atoms with E-state index in [0.29, 0.717) is 25.9 Å². The number of nitrogens with one attached hydrogen (secondary N) is 1. The zero-order valence-electron chi connectivity index (χ0n) is 16.0. The van der Waals surface area contributed by atoms with Gasteiger partial charge in [0, 0.05) is 38.1 Å². The van der Waals surface area contributed by atoms with Crippen LogP contribution >= 0.6 is 0 Å². The van der Waals surface area contributed by atoms with Gasteiger partial charge < -0.3 is 26.2 Å². The van der Waals surface area contributed by atoms with Crippen LogP contribution in [0.3, 0.4) is 0 Å². The Kier molecular flexibility index (Phi) is 6.70. The number of rotatable bonds is 9. The highest BCUT2D eigenvalue weighted by Crippen LogP contribution is 2.36. The second kappa shape index (κ2) is 8.54. The highest BCUT2D eigenvalue weighted by molar-refractivity contribution is 7.86. The molecule has 2 atom stereocenters. The molecule has 1 aliphatic carbocycles. The van der Waals surface area contributed by atoms with E-state index in [4.69, 9.17) is 15.8 Å². The number of carboxylic acids is 1. The lowest BCUT2D eigenvalue weighted by molar-refractivity contribution is -0.144. The quantitative estimate of drug-likeness (QED) is 0.281. The highest BCUT2D eigenvalue weighted by Gasteiger charge is 2.54. The van der Waals surface area contributed by atoms with Crippen molar-refractivity contribution >= 4 is 23.3 Å². The standard InChI is InChI=1S/C16H31BN4O6S/c18-16(15(22)23)11-20(10-12(16)4-3-7-17(24)25)28(26,27)21(14-8-19-9-14)13-5-1-2-6-13/h12-14,19,24-25H,1-11,18H2,(H,22,23)/t12-,16-/m0/s1. The zero-order chi connectivity index (χ0) is 20.5. The molecule has 0 spiro atoms. The number of carboxylic acid groups (broad SMARTS) is 1. The van der Waals surface area contributed by atoms with Crippen LogP contribution in [-0.2, 0) is 15.0 Å². The predicted octanol–water partition coefficient (Wildman–Crippen LogP) is -1.59. The third-order valence-corrected chi connectivity index (χ3v) is 8.46. The SMILES string of the molecule is N[C@@]1(C(=O)O)CN(S(=O)(=O)N(C2CCCC2)C2CNC2)C[C@@H]1CCCB(O)O. The van der Waals surface area contributed by atoms with E-state index in [0.717, 1.165) is 25.7 Å². The molecule has 2 saturated heterocycles. The molecule has 0 unspecified atom stereocenters. The van der Waals surface area contributed by atoms with Crippen LogP contribution in [0.2, 0.25) is 6.32 Å². The molecule has 2 heterocycles. The topological polar surface area (TPSA) is 156 Å². The molecule has 160 valence electrons. The molecule has 1 saturated carbocycles. The Morgan fingerprint density at radius 2 is 1.89 bits per heavy atom. The summed E-state index contributed by atoms with van der Waals surface area (Å²) in [5.74, 6) is -1.80. The summed E-state index contributed by atoms with van der Waals surface area (Å²) in [5.41, 5.74) is 4.49. The second-order valence-corrected chi connectivity index (χ2v) is 10.2. The predicted molar refractivity (Wildman–Crippen MR) is 104 cm³/mol. The Balaban J connectivity index is 1.79. The van der Waals surface area contributed by atoms with Crippen LogP contribution in [-0.4, -0.2) is 89.1 Å². The van der Waals surface area contributed by atoms with Crippen LogP contribution in [0.1, 0.15) is 38.5 Å². The summed E-state index contributed by atoms with van der Waals surface area (Å²) < 4.78 is 29.8. The molecule has 0 bridgehead atoms. The average Bonchev–Trinajstić information content (AvgIpc) is 3.19. The van der Waals surface area contributed by atoms with Gasteiger partial charge in [0.25, 0.3) is 10.2 Å². The Morgan fingerprint density at radius 3 is 2.39 bits per heavy atom. The van der Waals surface area contributed by atoms with E-state index in [1.165, 1.54) is 4.31 Å². The fourth-order valence-electron chi connectivity index (χ4n) is 4.63. The van der Waals surface area contributed by atoms with Gasteiger partial charge in [-0.15, -0.1) is 0 Å². The van der Waals surface area contributed by atoms with Crippen molar-refractivity contribution in [3.05, 3.63) is 0 Å². The van der Waals surface area contributed by atoms with Crippen molar-refractivity contribution in [1.82, 2.24) is 13.9 Å². The van der Waals surface area contributed by atoms with E-state index >= 15 is 0 Å². The third kappa shape index (κ3) is 4.23. The molecule has 3 aliphatic rings. The van der Waals surface area contributed by atoms with Crippen molar-refractivity contribution in [3.8, 4) is 0 Å². The molecule has 2 aliphatic heterocycles. The summed E-state index contributed by atoms with van der Waals surface area (Å²) in [7, 11) is -5.31. The maximum absolute atomic E-state index is 13.5. The maximum atomic E-state index is 13.5. The second-order valence-electron chi connectivity index (χ2n) is 8.33. The molecule has 12 heteroatoms. The fourth-order valence-corrected chi connectivity index (χ4v) is 6.75. The Hall–Kier alpha value is -0.755. The van der Waals surface area contributed by atoms with Gasteiger partial charge in [-0.3, -0.25) is 4.79 Å². The number of nitrogens with two attached hydrogens (primary N) is 1. The molecule has 3 fully saturated rings. The number of carbonyl (C=O) groups is 1. The minimum atomic E-state index is -3.84. The number of hydrogen-bond acceptors (Lipinski definition) is 7. The molecule has 0 radical (unpaired) electrons. The van der Waals surface area contributed by atoms with Crippen molar-refractivity contribution in [1.29, 1.82) is 0 Å². The molecule has 0 aromatic carbocycles. The molecule has 28 heavy (non-hydrogen) atoms. The monoisotopic (exact) mass is 418 g/mol. The maximum Gasteiger partial charge on any atom is 0.451 e. The lowest BCUT2D eigenvalue weighted by Crippen LogP contribution is -2.64. The summed E-state index contributed by atoms with van der Waals surface area (Å²) in [5, 5.41) is 30.9. The first-order chi connectivity index (χ1) is 13.2. The van der Waals surface area contributed by atoms with E-state index in [1.54, 1.807) is 4.31 Å². The molecule has 0 amide bonds. The lowest BCUT2D eigenvalue weighted by atomic mass is 9.78. The molecule has 3 rings (SSSR count). The van der Waals surface area contributed by atoms with Gasteiger partial charge in [-0.1, -0.05) is 19.3 Å². The first-order valence-corrected chi connectivity index (χ1v) is 11.4. The molecule has 6 N–H and O–H groups in total. The van der Waals surface area contributed by atoms with Gasteiger partial charge in [0.2, 0.25) is 0 Å². The van der Waals surface area contributed by atoms with E-state index < -0.39 is 34.8 Å². The van der Waals surface area contributed by atoms with E-state index in [-0.39, 0.29) is 31.5 Å². The molecular weight excluding hydrogens is 387 g/mol. The summed E-state index contributed by atoms with van der Waals surface area (Å²) in [6, 6.07) is -0.147. The highest BCUT2D eigenvalue weighted by atomic mass is 32.2. The van der Waals surface area contributed by atoms with Gasteiger partial charge in [-0.25, -0.2) is 0 Å². The smallest absolute Gasteiger partial charge is 0.451 e. The number of aliphatic carboxylic acids is 1. The molecular formula is C16H31BN4O6S. The minimum Gasteiger partial charge on any atom is -0.480 e. The lowest BCUT2D eigenvalue weighted by Gasteiger charge is -2.42. The third-order valence-electron chi connectivity index (χ3n) is 6.40. The van der Waals surface area contributed by atoms with Crippen LogP contribution in [0.5, 0.6) is 0 Å². The zero-order valence-corrected chi connectivity index (χ0v) is 16.9. The fraction of sp³-hybridized carbons (Fsp3) is 0.938. The molecule has 0 aromatic heterocycles. The van der Waals surface area contributed by atoms with Gasteiger partial charge in [0.15, 0.2) is 0 Å². The Bertz CT molecular complexity index is 670. The van der Waals surface area contributed by atoms with Gasteiger partial charge in [-0.05, 0) is 25.6 Å². The van der Waals surface area contributed by atoms with Crippen LogP contribution in [0.4, 0.5) is 0 Å². The van der Waals surface area contributed by atoms with Crippen molar-refractivity contribution in [2.75, 3.05) is 26.2 Å². The van der Waals surface area contributed by atoms with Crippen molar-refractivity contribution < 1.29 is 28.4 Å². The van der Waals surface area contributed by atoms with Crippen LogP contribution in [0.15, 0.2) is 0 Å². The summed E-state index contributed by atoms with van der Waals surface area (Å²) in [4.78, 5) is 11.9. The van der Waals surface area contributed by atoms with Crippen molar-refractivity contribution in [2.45, 2.75) is 62.5 Å². The van der Waals surface area contributed by atoms with Gasteiger partial charge >= 0.3 is 13.1 Å².